The smallest absolute Gasteiger partial charge is 0.161 e. The first-order valence-electron chi connectivity index (χ1n) is 7.31. The fraction of sp³-hybridized carbons (Fsp3) is 0.412. The summed E-state index contributed by atoms with van der Waals surface area (Å²) in [6, 6.07) is 10.6. The normalized spacial score (nSPS) is 12.1. The van der Waals surface area contributed by atoms with Crippen LogP contribution in [0.1, 0.15) is 30.3 Å². The minimum absolute atomic E-state index is 0.309. The van der Waals surface area contributed by atoms with Crippen LogP contribution in [0.5, 0.6) is 11.5 Å². The van der Waals surface area contributed by atoms with E-state index in [1.54, 1.807) is 18.4 Å². The van der Waals surface area contributed by atoms with Gasteiger partial charge in [-0.3, -0.25) is 0 Å². The first kappa shape index (κ1) is 15.9. The quantitative estimate of drug-likeness (QED) is 0.798. The van der Waals surface area contributed by atoms with Crippen molar-refractivity contribution in [3.63, 3.8) is 0 Å². The zero-order valence-electron chi connectivity index (χ0n) is 12.9. The summed E-state index contributed by atoms with van der Waals surface area (Å²) in [4.78, 5) is 1.34. The number of benzene rings is 1. The third-order valence-corrected chi connectivity index (χ3v) is 4.32. The van der Waals surface area contributed by atoms with Gasteiger partial charge >= 0.3 is 0 Å². The second kappa shape index (κ2) is 8.05. The highest BCUT2D eigenvalue weighted by molar-refractivity contribution is 7.09. The maximum atomic E-state index is 5.86. The zero-order chi connectivity index (χ0) is 15.1. The summed E-state index contributed by atoms with van der Waals surface area (Å²) >= 11 is 1.76. The lowest BCUT2D eigenvalue weighted by molar-refractivity contribution is 0.298. The molecule has 1 aromatic heterocycles. The Morgan fingerprint density at radius 3 is 2.76 bits per heavy atom. The molecule has 1 N–H and O–H groups in total. The number of methoxy groups -OCH3 is 1. The Bertz CT molecular complexity index is 540. The van der Waals surface area contributed by atoms with Crippen molar-refractivity contribution in [2.24, 2.45) is 0 Å². The average molecular weight is 305 g/mol. The van der Waals surface area contributed by atoms with Crippen molar-refractivity contribution in [1.82, 2.24) is 5.32 Å². The van der Waals surface area contributed by atoms with Crippen molar-refractivity contribution in [2.75, 3.05) is 20.3 Å². The van der Waals surface area contributed by atoms with Gasteiger partial charge in [-0.25, -0.2) is 0 Å². The van der Waals surface area contributed by atoms with E-state index >= 15 is 0 Å². The summed E-state index contributed by atoms with van der Waals surface area (Å²) in [5, 5.41) is 5.49. The topological polar surface area (TPSA) is 30.5 Å². The van der Waals surface area contributed by atoms with E-state index < -0.39 is 0 Å². The fourth-order valence-corrected chi connectivity index (χ4v) is 2.90. The lowest BCUT2D eigenvalue weighted by Crippen LogP contribution is -2.17. The molecule has 1 unspecified atom stereocenters. The molecule has 2 aromatic rings. The lowest BCUT2D eigenvalue weighted by atomic mass is 10.1. The molecule has 0 saturated carbocycles. The molecule has 114 valence electrons. The van der Waals surface area contributed by atoms with E-state index in [-0.39, 0.29) is 0 Å². The fourth-order valence-electron chi connectivity index (χ4n) is 2.21. The Morgan fingerprint density at radius 1 is 1.24 bits per heavy atom. The molecule has 0 aliphatic carbocycles. The summed E-state index contributed by atoms with van der Waals surface area (Å²) in [5.74, 6) is 1.60. The molecule has 3 nitrogen and oxygen atoms in total. The van der Waals surface area contributed by atoms with Gasteiger partial charge in [0.15, 0.2) is 11.5 Å². The summed E-state index contributed by atoms with van der Waals surface area (Å²) < 4.78 is 11.3. The third kappa shape index (κ3) is 4.48. The highest BCUT2D eigenvalue weighted by atomic mass is 32.1. The molecule has 1 heterocycles. The second-order valence-electron chi connectivity index (χ2n) is 4.87. The lowest BCUT2D eigenvalue weighted by Gasteiger charge is -2.16. The van der Waals surface area contributed by atoms with Crippen molar-refractivity contribution < 1.29 is 9.47 Å². The molecule has 0 radical (unpaired) electrons. The van der Waals surface area contributed by atoms with Gasteiger partial charge in [0.25, 0.3) is 0 Å². The minimum atomic E-state index is 0.309. The molecular weight excluding hydrogens is 282 g/mol. The summed E-state index contributed by atoms with van der Waals surface area (Å²) in [7, 11) is 1.68. The van der Waals surface area contributed by atoms with Crippen LogP contribution in [-0.4, -0.2) is 20.3 Å². The number of ether oxygens (including phenoxy) is 2. The van der Waals surface area contributed by atoms with E-state index in [0.29, 0.717) is 12.6 Å². The average Bonchev–Trinajstić information content (AvgIpc) is 3.01. The van der Waals surface area contributed by atoms with Crippen LogP contribution in [0.3, 0.4) is 0 Å². The minimum Gasteiger partial charge on any atom is -0.493 e. The predicted octanol–water partition coefficient (Wildman–Crippen LogP) is 4.05. The van der Waals surface area contributed by atoms with E-state index in [2.05, 4.69) is 42.7 Å². The number of thiophene rings is 1. The molecule has 0 amide bonds. The van der Waals surface area contributed by atoms with Crippen LogP contribution in [0.25, 0.3) is 0 Å². The third-order valence-electron chi connectivity index (χ3n) is 3.38. The molecule has 0 aliphatic rings. The zero-order valence-corrected chi connectivity index (χ0v) is 13.7. The predicted molar refractivity (Wildman–Crippen MR) is 88.6 cm³/mol. The summed E-state index contributed by atoms with van der Waals surface area (Å²) in [6.07, 6.45) is 0.927. The van der Waals surface area contributed by atoms with Gasteiger partial charge in [-0.15, -0.1) is 11.3 Å². The van der Waals surface area contributed by atoms with Gasteiger partial charge in [-0.1, -0.05) is 19.1 Å². The Morgan fingerprint density at radius 2 is 2.10 bits per heavy atom. The molecule has 0 spiro atoms. The van der Waals surface area contributed by atoms with Crippen LogP contribution in [0.15, 0.2) is 35.7 Å². The Hall–Kier alpha value is -1.52. The van der Waals surface area contributed by atoms with Gasteiger partial charge in [-0.2, -0.15) is 0 Å². The second-order valence-corrected chi connectivity index (χ2v) is 5.90. The molecule has 1 aromatic carbocycles. The van der Waals surface area contributed by atoms with E-state index in [0.717, 1.165) is 24.5 Å². The van der Waals surface area contributed by atoms with Crippen molar-refractivity contribution in [2.45, 2.75) is 26.3 Å². The number of nitrogens with one attached hydrogen (secondary N) is 1. The van der Waals surface area contributed by atoms with Gasteiger partial charge in [0.1, 0.15) is 0 Å². The van der Waals surface area contributed by atoms with Crippen LogP contribution in [0.2, 0.25) is 0 Å². The van der Waals surface area contributed by atoms with Crippen molar-refractivity contribution in [3.05, 3.63) is 46.2 Å². The molecule has 0 saturated heterocycles. The van der Waals surface area contributed by atoms with E-state index in [1.165, 1.54) is 10.4 Å². The molecule has 4 heteroatoms. The van der Waals surface area contributed by atoms with Crippen LogP contribution in [-0.2, 0) is 6.42 Å². The van der Waals surface area contributed by atoms with Crippen molar-refractivity contribution in [3.8, 4) is 11.5 Å². The monoisotopic (exact) mass is 305 g/mol. The highest BCUT2D eigenvalue weighted by Gasteiger charge is 2.10. The summed E-state index contributed by atoms with van der Waals surface area (Å²) in [6.45, 7) is 5.87. The summed E-state index contributed by atoms with van der Waals surface area (Å²) in [5.41, 5.74) is 1.21. The standard InChI is InChI=1S/C17H23NO2S/c1-4-18-13(2)14-7-8-16(17(12-14)19-3)20-10-9-15-6-5-11-21-15/h5-8,11-13,18H,4,9-10H2,1-3H3. The van der Waals surface area contributed by atoms with Crippen LogP contribution in [0.4, 0.5) is 0 Å². The maximum Gasteiger partial charge on any atom is 0.161 e. The molecule has 0 aliphatic heterocycles. The van der Waals surface area contributed by atoms with Gasteiger partial charge < -0.3 is 14.8 Å². The number of hydrogen-bond donors (Lipinski definition) is 1. The maximum absolute atomic E-state index is 5.86. The van der Waals surface area contributed by atoms with Crippen LogP contribution in [0, 0.1) is 0 Å². The first-order valence-corrected chi connectivity index (χ1v) is 8.19. The van der Waals surface area contributed by atoms with Gasteiger partial charge in [0, 0.05) is 17.3 Å². The Labute approximate surface area is 130 Å². The van der Waals surface area contributed by atoms with Crippen LogP contribution >= 0.6 is 11.3 Å². The SMILES string of the molecule is CCNC(C)c1ccc(OCCc2cccs2)c(OC)c1. The van der Waals surface area contributed by atoms with Gasteiger partial charge in [-0.05, 0) is 42.6 Å². The Balaban J connectivity index is 1.98. The Kier molecular flexibility index (Phi) is 6.08. The number of hydrogen-bond acceptors (Lipinski definition) is 4. The van der Waals surface area contributed by atoms with Crippen molar-refractivity contribution in [1.29, 1.82) is 0 Å². The van der Waals surface area contributed by atoms with E-state index in [4.69, 9.17) is 9.47 Å². The van der Waals surface area contributed by atoms with E-state index in [9.17, 15) is 0 Å². The molecule has 0 bridgehead atoms. The highest BCUT2D eigenvalue weighted by Crippen LogP contribution is 2.30. The number of rotatable bonds is 8. The van der Waals surface area contributed by atoms with Gasteiger partial charge in [0.05, 0.1) is 13.7 Å². The molecular formula is C17H23NO2S. The molecule has 2 rings (SSSR count). The molecule has 21 heavy (non-hydrogen) atoms. The van der Waals surface area contributed by atoms with Crippen LogP contribution < -0.4 is 14.8 Å². The molecule has 1 atom stereocenters. The largest absolute Gasteiger partial charge is 0.493 e. The molecule has 0 fully saturated rings. The first-order chi connectivity index (χ1) is 10.2. The van der Waals surface area contributed by atoms with E-state index in [1.807, 2.05) is 12.1 Å². The van der Waals surface area contributed by atoms with Gasteiger partial charge in [0.2, 0.25) is 0 Å². The van der Waals surface area contributed by atoms with Crippen molar-refractivity contribution >= 4 is 11.3 Å².